The molecule has 9 nitrogen and oxygen atoms in total. The van der Waals surface area contributed by atoms with Gasteiger partial charge in [0.05, 0.1) is 24.2 Å². The number of nitro benzene ring substituents is 1. The Morgan fingerprint density at radius 2 is 1.65 bits per heavy atom. The van der Waals surface area contributed by atoms with E-state index in [1.807, 2.05) is 12.1 Å². The first-order valence-corrected chi connectivity index (χ1v) is 10.4. The maximum absolute atomic E-state index is 12.3. The van der Waals surface area contributed by atoms with Crippen LogP contribution >= 0.6 is 0 Å². The number of methoxy groups -OCH3 is 1. The zero-order chi connectivity index (χ0) is 24.7. The highest BCUT2D eigenvalue weighted by Gasteiger charge is 2.15. The van der Waals surface area contributed by atoms with Crippen molar-refractivity contribution in [1.29, 1.82) is 0 Å². The molecule has 2 amide bonds. The summed E-state index contributed by atoms with van der Waals surface area (Å²) in [6.45, 7) is 3.32. The monoisotopic (exact) mass is 460 g/mol. The zero-order valence-electron chi connectivity index (χ0n) is 19.0. The fraction of sp³-hybridized carbons (Fsp3) is 0.160. The van der Waals surface area contributed by atoms with Crippen LogP contribution in [0.1, 0.15) is 34.0 Å². The minimum atomic E-state index is -0.551. The summed E-state index contributed by atoms with van der Waals surface area (Å²) in [6, 6.07) is 18.5. The number of nitro groups is 1. The number of nitrogens with one attached hydrogen (secondary N) is 2. The van der Waals surface area contributed by atoms with Gasteiger partial charge in [0.1, 0.15) is 5.75 Å². The fourth-order valence-electron chi connectivity index (χ4n) is 3.14. The quantitative estimate of drug-likeness (QED) is 0.296. The number of carbonyl (C=O) groups excluding carboxylic acids is 2. The summed E-state index contributed by atoms with van der Waals surface area (Å²) in [5.74, 6) is 0.0285. The lowest BCUT2D eigenvalue weighted by atomic mass is 10.1. The molecule has 0 heterocycles. The first-order chi connectivity index (χ1) is 16.3. The predicted molar refractivity (Wildman–Crippen MR) is 129 cm³/mol. The van der Waals surface area contributed by atoms with Crippen LogP contribution < -0.4 is 15.5 Å². The van der Waals surface area contributed by atoms with Crippen LogP contribution in [-0.2, 0) is 11.2 Å². The molecule has 0 aliphatic carbocycles. The molecule has 3 rings (SSSR count). The number of hydrogen-bond acceptors (Lipinski definition) is 6. The van der Waals surface area contributed by atoms with E-state index in [1.165, 1.54) is 18.2 Å². The van der Waals surface area contributed by atoms with Crippen molar-refractivity contribution in [3.8, 4) is 5.75 Å². The molecule has 174 valence electrons. The summed E-state index contributed by atoms with van der Waals surface area (Å²) in [4.78, 5) is 35.2. The van der Waals surface area contributed by atoms with Crippen LogP contribution in [0, 0.1) is 17.0 Å². The van der Waals surface area contributed by atoms with Crippen LogP contribution in [0.15, 0.2) is 71.8 Å². The number of hydrazone groups is 1. The molecule has 0 fully saturated rings. The SMILES string of the molecule is COc1ccc(CC(=O)Nc2ccc(C(C)=NNC(=O)c3ccc(C)c([N+](=O)[O-])c3)cc2)cc1. The van der Waals surface area contributed by atoms with Crippen LogP contribution in [-0.4, -0.2) is 29.6 Å². The van der Waals surface area contributed by atoms with Crippen molar-refractivity contribution in [2.45, 2.75) is 20.3 Å². The molecule has 0 aliphatic heterocycles. The normalized spacial score (nSPS) is 11.0. The van der Waals surface area contributed by atoms with E-state index in [0.717, 1.165) is 16.9 Å². The Labute approximate surface area is 196 Å². The first-order valence-electron chi connectivity index (χ1n) is 10.4. The van der Waals surface area contributed by atoms with Gasteiger partial charge >= 0.3 is 0 Å². The molecule has 0 aliphatic rings. The molecule has 2 N–H and O–H groups in total. The maximum Gasteiger partial charge on any atom is 0.273 e. The highest BCUT2D eigenvalue weighted by Crippen LogP contribution is 2.19. The Morgan fingerprint density at radius 1 is 1.00 bits per heavy atom. The molecule has 9 heteroatoms. The van der Waals surface area contributed by atoms with E-state index in [0.29, 0.717) is 17.0 Å². The van der Waals surface area contributed by atoms with Crippen molar-refractivity contribution in [3.63, 3.8) is 0 Å². The topological polar surface area (TPSA) is 123 Å². The number of anilines is 1. The number of ether oxygens (including phenoxy) is 1. The summed E-state index contributed by atoms with van der Waals surface area (Å²) in [6.07, 6.45) is 0.232. The summed E-state index contributed by atoms with van der Waals surface area (Å²) >= 11 is 0. The molecule has 0 spiro atoms. The Kier molecular flexibility index (Phi) is 7.71. The Hall–Kier alpha value is -4.53. The van der Waals surface area contributed by atoms with Gasteiger partial charge < -0.3 is 10.1 Å². The molecular formula is C25H24N4O5. The van der Waals surface area contributed by atoms with Crippen LogP contribution in [0.4, 0.5) is 11.4 Å². The zero-order valence-corrected chi connectivity index (χ0v) is 19.0. The standard InChI is InChI=1S/C25H24N4O5/c1-16-4-7-20(15-23(16)29(32)33)25(31)28-27-17(2)19-8-10-21(11-9-19)26-24(30)14-18-5-12-22(34-3)13-6-18/h4-13,15H,14H2,1-3H3,(H,26,30)(H,28,31). The number of nitrogens with zero attached hydrogens (tertiary/aromatic N) is 2. The van der Waals surface area contributed by atoms with Crippen molar-refractivity contribution in [3.05, 3.63) is 99.1 Å². The fourth-order valence-corrected chi connectivity index (χ4v) is 3.14. The van der Waals surface area contributed by atoms with Crippen molar-refractivity contribution >= 4 is 28.9 Å². The minimum absolute atomic E-state index is 0.127. The third-order valence-corrected chi connectivity index (χ3v) is 5.10. The largest absolute Gasteiger partial charge is 0.497 e. The van der Waals surface area contributed by atoms with Gasteiger partial charge in [0.2, 0.25) is 5.91 Å². The van der Waals surface area contributed by atoms with E-state index in [2.05, 4.69) is 15.8 Å². The molecule has 0 unspecified atom stereocenters. The Bertz CT molecular complexity index is 1240. The van der Waals surface area contributed by atoms with E-state index in [1.54, 1.807) is 57.4 Å². The average molecular weight is 460 g/mol. The van der Waals surface area contributed by atoms with Gasteiger partial charge in [-0.2, -0.15) is 5.10 Å². The van der Waals surface area contributed by atoms with Gasteiger partial charge in [-0.15, -0.1) is 0 Å². The van der Waals surface area contributed by atoms with Crippen molar-refractivity contribution < 1.29 is 19.2 Å². The smallest absolute Gasteiger partial charge is 0.273 e. The molecule has 0 saturated heterocycles. The number of rotatable bonds is 8. The van der Waals surface area contributed by atoms with E-state index in [9.17, 15) is 19.7 Å². The van der Waals surface area contributed by atoms with Gasteiger partial charge in [0.25, 0.3) is 11.6 Å². The van der Waals surface area contributed by atoms with Crippen LogP contribution in [0.3, 0.4) is 0 Å². The lowest BCUT2D eigenvalue weighted by Gasteiger charge is -2.08. The van der Waals surface area contributed by atoms with Gasteiger partial charge in [-0.1, -0.05) is 30.3 Å². The van der Waals surface area contributed by atoms with Crippen molar-refractivity contribution in [2.24, 2.45) is 5.10 Å². The van der Waals surface area contributed by atoms with Gasteiger partial charge in [0.15, 0.2) is 0 Å². The Balaban J connectivity index is 1.59. The van der Waals surface area contributed by atoms with E-state index in [4.69, 9.17) is 4.74 Å². The molecule has 0 radical (unpaired) electrons. The van der Waals surface area contributed by atoms with E-state index in [-0.39, 0.29) is 23.6 Å². The number of benzene rings is 3. The molecule has 3 aromatic carbocycles. The first kappa shape index (κ1) is 24.1. The molecule has 0 atom stereocenters. The summed E-state index contributed by atoms with van der Waals surface area (Å²) in [7, 11) is 1.59. The number of carbonyl (C=O) groups is 2. The second kappa shape index (κ2) is 10.9. The predicted octanol–water partition coefficient (Wildman–Crippen LogP) is 4.25. The highest BCUT2D eigenvalue weighted by atomic mass is 16.6. The molecule has 34 heavy (non-hydrogen) atoms. The minimum Gasteiger partial charge on any atom is -0.497 e. The highest BCUT2D eigenvalue weighted by molar-refractivity contribution is 6.01. The lowest BCUT2D eigenvalue weighted by Crippen LogP contribution is -2.19. The number of amides is 2. The molecule has 0 bridgehead atoms. The second-order valence-electron chi connectivity index (χ2n) is 7.55. The molecule has 0 aromatic heterocycles. The third kappa shape index (κ3) is 6.26. The van der Waals surface area contributed by atoms with Gasteiger partial charge in [-0.05, 0) is 55.3 Å². The second-order valence-corrected chi connectivity index (χ2v) is 7.55. The molecule has 0 saturated carbocycles. The molecular weight excluding hydrogens is 436 g/mol. The number of aryl methyl sites for hydroxylation is 1. The number of hydrogen-bond donors (Lipinski definition) is 2. The summed E-state index contributed by atoms with van der Waals surface area (Å²) < 4.78 is 5.11. The average Bonchev–Trinajstić information content (AvgIpc) is 2.83. The summed E-state index contributed by atoms with van der Waals surface area (Å²) in [5, 5.41) is 18.0. The van der Waals surface area contributed by atoms with Crippen LogP contribution in [0.25, 0.3) is 0 Å². The Morgan fingerprint density at radius 3 is 2.26 bits per heavy atom. The van der Waals surface area contributed by atoms with Crippen LogP contribution in [0.2, 0.25) is 0 Å². The maximum atomic E-state index is 12.3. The lowest BCUT2D eigenvalue weighted by molar-refractivity contribution is -0.385. The van der Waals surface area contributed by atoms with Gasteiger partial charge in [-0.25, -0.2) is 5.43 Å². The van der Waals surface area contributed by atoms with Gasteiger partial charge in [0, 0.05) is 22.9 Å². The van der Waals surface area contributed by atoms with Crippen molar-refractivity contribution in [2.75, 3.05) is 12.4 Å². The van der Waals surface area contributed by atoms with Crippen LogP contribution in [0.5, 0.6) is 5.75 Å². The molecule has 3 aromatic rings. The van der Waals surface area contributed by atoms with E-state index >= 15 is 0 Å². The van der Waals surface area contributed by atoms with Gasteiger partial charge in [-0.3, -0.25) is 19.7 Å². The third-order valence-electron chi connectivity index (χ3n) is 5.10. The van der Waals surface area contributed by atoms with Crippen molar-refractivity contribution in [1.82, 2.24) is 5.43 Å². The summed E-state index contributed by atoms with van der Waals surface area (Å²) in [5.41, 5.74) is 5.67. The van der Waals surface area contributed by atoms with E-state index < -0.39 is 10.8 Å².